The van der Waals surface area contributed by atoms with Crippen molar-refractivity contribution in [2.45, 2.75) is 25.7 Å². The summed E-state index contributed by atoms with van der Waals surface area (Å²) in [5.74, 6) is -0.541. The number of nitrogens with zero attached hydrogens (tertiary/aromatic N) is 2. The number of amides is 1. The van der Waals surface area contributed by atoms with Crippen LogP contribution in [0.15, 0.2) is 82.8 Å². The molecule has 0 saturated carbocycles. The summed E-state index contributed by atoms with van der Waals surface area (Å²) in [6.07, 6.45) is 1.57. The molecule has 0 atom stereocenters. The van der Waals surface area contributed by atoms with E-state index in [1.807, 2.05) is 32.9 Å². The van der Waals surface area contributed by atoms with E-state index in [1.165, 1.54) is 23.3 Å². The Morgan fingerprint density at radius 3 is 2.16 bits per heavy atom. The highest BCUT2D eigenvalue weighted by Crippen LogP contribution is 2.23. The van der Waals surface area contributed by atoms with E-state index in [4.69, 9.17) is 0 Å². The van der Waals surface area contributed by atoms with Crippen molar-refractivity contribution in [1.82, 2.24) is 5.43 Å². The lowest BCUT2D eigenvalue weighted by Crippen LogP contribution is -2.39. The molecule has 0 aromatic heterocycles. The maximum Gasteiger partial charge on any atom is 0.264 e. The minimum atomic E-state index is -3.92. The number of nitrogens with one attached hydrogen (secondary N) is 1. The zero-order valence-electron chi connectivity index (χ0n) is 17.7. The van der Waals surface area contributed by atoms with E-state index >= 15 is 0 Å². The van der Waals surface area contributed by atoms with Gasteiger partial charge >= 0.3 is 0 Å². The van der Waals surface area contributed by atoms with Crippen LogP contribution in [0.1, 0.15) is 22.3 Å². The van der Waals surface area contributed by atoms with E-state index in [1.54, 1.807) is 54.7 Å². The van der Waals surface area contributed by atoms with Crippen LogP contribution in [0.25, 0.3) is 0 Å². The van der Waals surface area contributed by atoms with E-state index in [0.717, 1.165) is 15.4 Å². The molecule has 0 aliphatic carbocycles. The SMILES string of the molecule is Cc1ccc(C=NNC(=O)CN(c2ccccc2)S(=O)(=O)c2ccccc2)c(C)c1C. The predicted octanol–water partition coefficient (Wildman–Crippen LogP) is 3.96. The van der Waals surface area contributed by atoms with Gasteiger partial charge in [0.2, 0.25) is 0 Å². The van der Waals surface area contributed by atoms with E-state index in [-0.39, 0.29) is 4.90 Å². The molecule has 1 N–H and O–H groups in total. The minimum Gasteiger partial charge on any atom is -0.271 e. The smallest absolute Gasteiger partial charge is 0.264 e. The Bertz CT molecular complexity index is 1190. The van der Waals surface area contributed by atoms with Crippen molar-refractivity contribution in [2.24, 2.45) is 5.10 Å². The molecule has 0 aliphatic rings. The average Bonchev–Trinajstić information content (AvgIpc) is 2.78. The molecule has 3 aromatic carbocycles. The van der Waals surface area contributed by atoms with Gasteiger partial charge in [-0.15, -0.1) is 0 Å². The topological polar surface area (TPSA) is 78.8 Å². The van der Waals surface area contributed by atoms with Crippen LogP contribution in [0.3, 0.4) is 0 Å². The number of hydrazone groups is 1. The first-order valence-corrected chi connectivity index (χ1v) is 11.3. The van der Waals surface area contributed by atoms with Gasteiger partial charge in [-0.2, -0.15) is 5.10 Å². The molecule has 0 heterocycles. The molecule has 0 bridgehead atoms. The molecule has 6 nitrogen and oxygen atoms in total. The molecule has 0 unspecified atom stereocenters. The second-order valence-electron chi connectivity index (χ2n) is 7.18. The van der Waals surface area contributed by atoms with Crippen molar-refractivity contribution < 1.29 is 13.2 Å². The summed E-state index contributed by atoms with van der Waals surface area (Å²) in [4.78, 5) is 12.7. The Morgan fingerprint density at radius 1 is 0.903 bits per heavy atom. The van der Waals surface area contributed by atoms with Crippen LogP contribution in [0, 0.1) is 20.8 Å². The number of anilines is 1. The van der Waals surface area contributed by atoms with Gasteiger partial charge < -0.3 is 0 Å². The summed E-state index contributed by atoms with van der Waals surface area (Å²) in [7, 11) is -3.92. The zero-order chi connectivity index (χ0) is 22.4. The standard InChI is InChI=1S/C24H25N3O3S/c1-18-14-15-21(20(3)19(18)2)16-25-26-24(28)17-27(22-10-6-4-7-11-22)31(29,30)23-12-8-5-9-13-23/h4-16H,17H2,1-3H3,(H,26,28). The van der Waals surface area contributed by atoms with Crippen LogP contribution in [-0.2, 0) is 14.8 Å². The fourth-order valence-electron chi connectivity index (χ4n) is 3.09. The number of benzene rings is 3. The second-order valence-corrected chi connectivity index (χ2v) is 9.04. The number of carbonyl (C=O) groups is 1. The van der Waals surface area contributed by atoms with Gasteiger partial charge in [0.15, 0.2) is 0 Å². The van der Waals surface area contributed by atoms with Crippen molar-refractivity contribution in [3.8, 4) is 0 Å². The fourth-order valence-corrected chi connectivity index (χ4v) is 4.53. The Hall–Kier alpha value is -3.45. The summed E-state index contributed by atoms with van der Waals surface area (Å²) in [6.45, 7) is 5.67. The lowest BCUT2D eigenvalue weighted by molar-refractivity contribution is -0.119. The molecule has 0 radical (unpaired) electrons. The highest BCUT2D eigenvalue weighted by atomic mass is 32.2. The van der Waals surface area contributed by atoms with Gasteiger partial charge in [-0.05, 0) is 67.3 Å². The van der Waals surface area contributed by atoms with Crippen molar-refractivity contribution >= 4 is 27.8 Å². The normalized spacial score (nSPS) is 11.5. The van der Waals surface area contributed by atoms with Crippen LogP contribution in [0.2, 0.25) is 0 Å². The Kier molecular flexibility index (Phi) is 6.87. The van der Waals surface area contributed by atoms with Crippen LogP contribution in [0.4, 0.5) is 5.69 Å². The van der Waals surface area contributed by atoms with Gasteiger partial charge in [-0.1, -0.05) is 48.5 Å². The third-order valence-electron chi connectivity index (χ3n) is 5.16. The summed E-state index contributed by atoms with van der Waals surface area (Å²) in [6, 6.07) is 20.5. The van der Waals surface area contributed by atoms with Gasteiger partial charge in [-0.3, -0.25) is 9.10 Å². The summed E-state index contributed by atoms with van der Waals surface area (Å²) in [5.41, 5.74) is 7.16. The molecule has 160 valence electrons. The number of rotatable bonds is 7. The molecule has 0 aliphatic heterocycles. The minimum absolute atomic E-state index is 0.112. The van der Waals surface area contributed by atoms with Crippen LogP contribution < -0.4 is 9.73 Å². The van der Waals surface area contributed by atoms with E-state index in [9.17, 15) is 13.2 Å². The highest BCUT2D eigenvalue weighted by molar-refractivity contribution is 7.92. The van der Waals surface area contributed by atoms with Crippen molar-refractivity contribution in [3.05, 3.63) is 95.1 Å². The predicted molar refractivity (Wildman–Crippen MR) is 124 cm³/mol. The monoisotopic (exact) mass is 435 g/mol. The van der Waals surface area contributed by atoms with E-state index < -0.39 is 22.5 Å². The van der Waals surface area contributed by atoms with Crippen LogP contribution >= 0.6 is 0 Å². The Labute approximate surface area is 183 Å². The summed E-state index contributed by atoms with van der Waals surface area (Å²) >= 11 is 0. The third-order valence-corrected chi connectivity index (χ3v) is 6.94. The van der Waals surface area contributed by atoms with E-state index in [0.29, 0.717) is 5.69 Å². The molecular weight excluding hydrogens is 410 g/mol. The van der Waals surface area contributed by atoms with Crippen LogP contribution in [-0.4, -0.2) is 27.1 Å². The number of para-hydroxylation sites is 1. The van der Waals surface area contributed by atoms with Crippen molar-refractivity contribution in [2.75, 3.05) is 10.8 Å². The first-order valence-electron chi connectivity index (χ1n) is 9.82. The second kappa shape index (κ2) is 9.57. The maximum atomic E-state index is 13.2. The van der Waals surface area contributed by atoms with Gasteiger partial charge in [0.1, 0.15) is 6.54 Å². The maximum absolute atomic E-state index is 13.2. The molecule has 1 amide bonds. The molecule has 3 rings (SSSR count). The molecule has 3 aromatic rings. The molecular formula is C24H25N3O3S. The van der Waals surface area contributed by atoms with Crippen LogP contribution in [0.5, 0.6) is 0 Å². The van der Waals surface area contributed by atoms with Crippen molar-refractivity contribution in [1.29, 1.82) is 0 Å². The summed E-state index contributed by atoms with van der Waals surface area (Å²) in [5, 5.41) is 4.03. The quantitative estimate of drug-likeness (QED) is 0.451. The number of aryl methyl sites for hydroxylation is 1. The average molecular weight is 436 g/mol. The van der Waals surface area contributed by atoms with Gasteiger partial charge in [0, 0.05) is 0 Å². The van der Waals surface area contributed by atoms with E-state index in [2.05, 4.69) is 10.5 Å². The lowest BCUT2D eigenvalue weighted by atomic mass is 10.00. The Morgan fingerprint density at radius 2 is 1.52 bits per heavy atom. The molecule has 0 fully saturated rings. The first kappa shape index (κ1) is 22.2. The number of carbonyl (C=O) groups excluding carboxylic acids is 1. The van der Waals surface area contributed by atoms with Gasteiger partial charge in [0.25, 0.3) is 15.9 Å². The van der Waals surface area contributed by atoms with Crippen molar-refractivity contribution in [3.63, 3.8) is 0 Å². The Balaban J connectivity index is 1.81. The van der Waals surface area contributed by atoms with Gasteiger partial charge in [-0.25, -0.2) is 13.8 Å². The summed E-state index contributed by atoms with van der Waals surface area (Å²) < 4.78 is 27.4. The zero-order valence-corrected chi connectivity index (χ0v) is 18.6. The molecule has 0 spiro atoms. The molecule has 7 heteroatoms. The number of hydrogen-bond acceptors (Lipinski definition) is 4. The first-order chi connectivity index (χ1) is 14.8. The molecule has 0 saturated heterocycles. The third kappa shape index (κ3) is 5.19. The number of sulfonamides is 1. The highest BCUT2D eigenvalue weighted by Gasteiger charge is 2.26. The largest absolute Gasteiger partial charge is 0.271 e. The van der Waals surface area contributed by atoms with Gasteiger partial charge in [0.05, 0.1) is 16.8 Å². The molecule has 31 heavy (non-hydrogen) atoms. The fraction of sp³-hybridized carbons (Fsp3) is 0.167. The number of hydrogen-bond donors (Lipinski definition) is 1. The lowest BCUT2D eigenvalue weighted by Gasteiger charge is -2.23.